The Labute approximate surface area is 174 Å². The average Bonchev–Trinajstić information content (AvgIpc) is 2.66. The number of amides is 2. The zero-order valence-electron chi connectivity index (χ0n) is 17.3. The summed E-state index contributed by atoms with van der Waals surface area (Å²) in [4.78, 5) is 50.0. The fourth-order valence-electron chi connectivity index (χ4n) is 2.98. The number of benzene rings is 1. The highest BCUT2D eigenvalue weighted by Crippen LogP contribution is 2.23. The molecule has 3 rings (SSSR count). The lowest BCUT2D eigenvalue weighted by Crippen LogP contribution is -2.40. The van der Waals surface area contributed by atoms with E-state index in [9.17, 15) is 14.4 Å². The molecule has 30 heavy (non-hydrogen) atoms. The normalized spacial score (nSPS) is 12.3. The molecule has 2 aromatic heterocycles. The van der Waals surface area contributed by atoms with E-state index in [4.69, 9.17) is 0 Å². The zero-order chi connectivity index (χ0) is 21.9. The number of hydrogen-bond acceptors (Lipinski definition) is 6. The molecule has 0 aliphatic heterocycles. The van der Waals surface area contributed by atoms with Gasteiger partial charge in [-0.3, -0.25) is 29.3 Å². The maximum atomic E-state index is 12.9. The van der Waals surface area contributed by atoms with E-state index in [2.05, 4.69) is 25.6 Å². The third-order valence-corrected chi connectivity index (χ3v) is 4.24. The number of pyridine rings is 1. The molecule has 0 fully saturated rings. The fraction of sp³-hybridized carbons (Fsp3) is 0.273. The maximum absolute atomic E-state index is 12.9. The predicted octanol–water partition coefficient (Wildman–Crippen LogP) is 2.86. The van der Waals surface area contributed by atoms with Crippen LogP contribution in [-0.4, -0.2) is 38.1 Å². The second kappa shape index (κ2) is 8.36. The number of carbonyl (C=O) groups excluding carboxylic acids is 3. The molecular formula is C22H23N5O3. The van der Waals surface area contributed by atoms with Crippen molar-refractivity contribution in [3.63, 3.8) is 0 Å². The van der Waals surface area contributed by atoms with Crippen LogP contribution in [-0.2, 0) is 9.59 Å². The Bertz CT molecular complexity index is 1120. The predicted molar refractivity (Wildman–Crippen MR) is 113 cm³/mol. The standard InChI is InChI=1S/C22H23N5O3/c1-13(28)19(14-5-6-16-17(11-14)25-10-9-24-16)21(30)26-15-7-8-23-18(12-15)20(29)27-22(2,3)4/h5-12,19H,1-4H3,(H,27,29)(H,23,26,30). The second-order valence-corrected chi connectivity index (χ2v) is 7.97. The summed E-state index contributed by atoms with van der Waals surface area (Å²) in [7, 11) is 0. The van der Waals surface area contributed by atoms with Gasteiger partial charge in [0.15, 0.2) is 0 Å². The second-order valence-electron chi connectivity index (χ2n) is 7.97. The molecule has 2 N–H and O–H groups in total. The van der Waals surface area contributed by atoms with Crippen LogP contribution < -0.4 is 10.6 Å². The Balaban J connectivity index is 1.84. The first-order chi connectivity index (χ1) is 14.1. The molecule has 0 aliphatic rings. The van der Waals surface area contributed by atoms with Crippen molar-refractivity contribution < 1.29 is 14.4 Å². The largest absolute Gasteiger partial charge is 0.346 e. The van der Waals surface area contributed by atoms with Crippen LogP contribution in [0.25, 0.3) is 11.0 Å². The Morgan fingerprint density at radius 3 is 2.27 bits per heavy atom. The number of fused-ring (bicyclic) bond motifs is 1. The minimum atomic E-state index is -1.02. The number of nitrogens with zero attached hydrogens (tertiary/aromatic N) is 3. The average molecular weight is 405 g/mol. The van der Waals surface area contributed by atoms with E-state index in [0.29, 0.717) is 22.3 Å². The van der Waals surface area contributed by atoms with Crippen LogP contribution in [0.15, 0.2) is 48.9 Å². The highest BCUT2D eigenvalue weighted by atomic mass is 16.2. The van der Waals surface area contributed by atoms with E-state index in [1.807, 2.05) is 20.8 Å². The van der Waals surface area contributed by atoms with Gasteiger partial charge in [0.25, 0.3) is 5.91 Å². The topological polar surface area (TPSA) is 114 Å². The summed E-state index contributed by atoms with van der Waals surface area (Å²) >= 11 is 0. The van der Waals surface area contributed by atoms with E-state index < -0.39 is 17.4 Å². The SMILES string of the molecule is CC(=O)C(C(=O)Nc1ccnc(C(=O)NC(C)(C)C)c1)c1ccc2nccnc2c1. The molecule has 8 nitrogen and oxygen atoms in total. The lowest BCUT2D eigenvalue weighted by Gasteiger charge is -2.20. The highest BCUT2D eigenvalue weighted by molar-refractivity contribution is 6.11. The van der Waals surface area contributed by atoms with Crippen molar-refractivity contribution in [1.82, 2.24) is 20.3 Å². The summed E-state index contributed by atoms with van der Waals surface area (Å²) in [5.74, 6) is -2.18. The lowest BCUT2D eigenvalue weighted by molar-refractivity contribution is -0.126. The number of Topliss-reactive ketones (excluding diaryl/α,β-unsaturated/α-hetero) is 1. The van der Waals surface area contributed by atoms with Crippen LogP contribution in [0.3, 0.4) is 0 Å². The molecule has 154 valence electrons. The van der Waals surface area contributed by atoms with Gasteiger partial charge in [-0.05, 0) is 57.5 Å². The summed E-state index contributed by atoms with van der Waals surface area (Å²) in [6.45, 7) is 6.95. The van der Waals surface area contributed by atoms with E-state index in [1.54, 1.807) is 36.7 Å². The monoisotopic (exact) mass is 405 g/mol. The Morgan fingerprint density at radius 1 is 0.900 bits per heavy atom. The number of ketones is 1. The first-order valence-corrected chi connectivity index (χ1v) is 9.44. The van der Waals surface area contributed by atoms with Crippen LogP contribution in [0.2, 0.25) is 0 Å². The lowest BCUT2D eigenvalue weighted by atomic mass is 9.94. The number of hydrogen-bond donors (Lipinski definition) is 2. The summed E-state index contributed by atoms with van der Waals surface area (Å²) < 4.78 is 0. The van der Waals surface area contributed by atoms with Gasteiger partial charge in [0.2, 0.25) is 5.91 Å². The summed E-state index contributed by atoms with van der Waals surface area (Å²) in [6.07, 6.45) is 4.56. The number of anilines is 1. The molecule has 2 amide bonds. The molecule has 2 heterocycles. The van der Waals surface area contributed by atoms with Crippen molar-refractivity contribution in [2.45, 2.75) is 39.2 Å². The Hall–Kier alpha value is -3.68. The number of aromatic nitrogens is 3. The van der Waals surface area contributed by atoms with Crippen LogP contribution in [0, 0.1) is 0 Å². The van der Waals surface area contributed by atoms with E-state index in [1.165, 1.54) is 19.2 Å². The molecule has 1 unspecified atom stereocenters. The van der Waals surface area contributed by atoms with Crippen LogP contribution in [0.4, 0.5) is 5.69 Å². The van der Waals surface area contributed by atoms with Crippen molar-refractivity contribution in [2.24, 2.45) is 0 Å². The molecular weight excluding hydrogens is 382 g/mol. The number of carbonyl (C=O) groups is 3. The smallest absolute Gasteiger partial charge is 0.270 e. The minimum absolute atomic E-state index is 0.170. The maximum Gasteiger partial charge on any atom is 0.270 e. The van der Waals surface area contributed by atoms with Crippen molar-refractivity contribution in [1.29, 1.82) is 0 Å². The molecule has 1 atom stereocenters. The van der Waals surface area contributed by atoms with Gasteiger partial charge in [-0.1, -0.05) is 6.07 Å². The third-order valence-electron chi connectivity index (χ3n) is 4.24. The Morgan fingerprint density at radius 2 is 1.60 bits per heavy atom. The molecule has 8 heteroatoms. The molecule has 0 radical (unpaired) electrons. The highest BCUT2D eigenvalue weighted by Gasteiger charge is 2.26. The van der Waals surface area contributed by atoms with Gasteiger partial charge < -0.3 is 10.6 Å². The van der Waals surface area contributed by atoms with Crippen LogP contribution in [0.1, 0.15) is 49.7 Å². The summed E-state index contributed by atoms with van der Waals surface area (Å²) in [6, 6.07) is 8.14. The molecule has 0 saturated carbocycles. The van der Waals surface area contributed by atoms with Gasteiger partial charge in [-0.2, -0.15) is 0 Å². The van der Waals surface area contributed by atoms with E-state index in [-0.39, 0.29) is 17.4 Å². The third kappa shape index (κ3) is 5.02. The molecule has 3 aromatic rings. The van der Waals surface area contributed by atoms with Gasteiger partial charge in [0, 0.05) is 29.8 Å². The van der Waals surface area contributed by atoms with Gasteiger partial charge in [0.1, 0.15) is 17.4 Å². The van der Waals surface area contributed by atoms with E-state index in [0.717, 1.165) is 0 Å². The van der Waals surface area contributed by atoms with Gasteiger partial charge >= 0.3 is 0 Å². The number of rotatable bonds is 5. The van der Waals surface area contributed by atoms with E-state index >= 15 is 0 Å². The van der Waals surface area contributed by atoms with Gasteiger partial charge in [-0.15, -0.1) is 0 Å². The van der Waals surface area contributed by atoms with Crippen molar-refractivity contribution in [3.8, 4) is 0 Å². The molecule has 0 aliphatic carbocycles. The zero-order valence-corrected chi connectivity index (χ0v) is 17.3. The summed E-state index contributed by atoms with van der Waals surface area (Å²) in [5, 5.41) is 5.53. The fourth-order valence-corrected chi connectivity index (χ4v) is 2.98. The van der Waals surface area contributed by atoms with Crippen molar-refractivity contribution >= 4 is 34.3 Å². The minimum Gasteiger partial charge on any atom is -0.346 e. The quantitative estimate of drug-likeness (QED) is 0.631. The molecule has 0 bridgehead atoms. The Kier molecular flexibility index (Phi) is 5.86. The first kappa shape index (κ1) is 21.0. The first-order valence-electron chi connectivity index (χ1n) is 9.44. The van der Waals surface area contributed by atoms with Crippen molar-refractivity contribution in [2.75, 3.05) is 5.32 Å². The molecule has 0 spiro atoms. The van der Waals surface area contributed by atoms with Crippen LogP contribution >= 0.6 is 0 Å². The summed E-state index contributed by atoms with van der Waals surface area (Å²) in [5.41, 5.74) is 1.92. The van der Waals surface area contributed by atoms with Crippen molar-refractivity contribution in [3.05, 3.63) is 60.2 Å². The van der Waals surface area contributed by atoms with Gasteiger partial charge in [-0.25, -0.2) is 0 Å². The molecule has 0 saturated heterocycles. The van der Waals surface area contributed by atoms with Gasteiger partial charge in [0.05, 0.1) is 11.0 Å². The number of nitrogens with one attached hydrogen (secondary N) is 2. The van der Waals surface area contributed by atoms with Crippen LogP contribution in [0.5, 0.6) is 0 Å². The molecule has 1 aromatic carbocycles.